The Morgan fingerprint density at radius 2 is 1.69 bits per heavy atom. The Morgan fingerprint density at radius 1 is 1.25 bits per heavy atom. The molecule has 0 heterocycles. The second kappa shape index (κ2) is 6.24. The van der Waals surface area contributed by atoms with Crippen LogP contribution in [0.15, 0.2) is 0 Å². The van der Waals surface area contributed by atoms with Crippen molar-refractivity contribution in [3.63, 3.8) is 0 Å². The molecule has 0 bridgehead atoms. The van der Waals surface area contributed by atoms with Crippen LogP contribution in [0.2, 0.25) is 0 Å². The normalized spacial score (nSPS) is 14.0. The highest BCUT2D eigenvalue weighted by molar-refractivity contribution is 5.77. The number of amides is 1. The van der Waals surface area contributed by atoms with E-state index in [9.17, 15) is 4.79 Å². The molecule has 0 aliphatic heterocycles. The van der Waals surface area contributed by atoms with Gasteiger partial charge >= 0.3 is 0 Å². The van der Waals surface area contributed by atoms with E-state index >= 15 is 0 Å². The molecule has 96 valence electrons. The Hall–Kier alpha value is -0.570. The van der Waals surface area contributed by atoms with Crippen LogP contribution in [-0.4, -0.2) is 29.9 Å². The molecule has 0 rings (SSSR count). The Bertz CT molecular complexity index is 216. The number of nitrogens with zero attached hydrogens (tertiary/aromatic N) is 1. The molecule has 0 saturated heterocycles. The molecule has 3 nitrogen and oxygen atoms in total. The number of rotatable bonds is 5. The Balaban J connectivity index is 4.36. The van der Waals surface area contributed by atoms with Gasteiger partial charge in [-0.1, -0.05) is 34.6 Å². The third-order valence-corrected chi connectivity index (χ3v) is 3.39. The number of hydrogen-bond donors (Lipinski definition) is 1. The molecular formula is C13H28N2O. The standard InChI is InChI=1S/C13H28N2O/c1-7-10(8-2)15(6)12(16)9-11(14)13(3,4)5/h10-11H,7-9,14H2,1-6H3. The zero-order valence-electron chi connectivity index (χ0n) is 11.7. The highest BCUT2D eigenvalue weighted by atomic mass is 16.2. The number of carbonyl (C=O) groups excluding carboxylic acids is 1. The maximum absolute atomic E-state index is 12.0. The molecule has 0 radical (unpaired) electrons. The van der Waals surface area contributed by atoms with Crippen molar-refractivity contribution in [1.29, 1.82) is 0 Å². The average molecular weight is 228 g/mol. The van der Waals surface area contributed by atoms with Crippen LogP contribution in [0.5, 0.6) is 0 Å². The monoisotopic (exact) mass is 228 g/mol. The molecule has 16 heavy (non-hydrogen) atoms. The van der Waals surface area contributed by atoms with E-state index in [-0.39, 0.29) is 17.4 Å². The first-order chi connectivity index (χ1) is 7.23. The quantitative estimate of drug-likeness (QED) is 0.785. The predicted octanol–water partition coefficient (Wildman–Crippen LogP) is 2.40. The topological polar surface area (TPSA) is 46.3 Å². The van der Waals surface area contributed by atoms with Gasteiger partial charge in [0.15, 0.2) is 0 Å². The summed E-state index contributed by atoms with van der Waals surface area (Å²) in [5, 5.41) is 0. The minimum Gasteiger partial charge on any atom is -0.343 e. The van der Waals surface area contributed by atoms with Crippen molar-refractivity contribution in [2.75, 3.05) is 7.05 Å². The molecule has 3 heteroatoms. The summed E-state index contributed by atoms with van der Waals surface area (Å²) >= 11 is 0. The third kappa shape index (κ3) is 4.52. The second-order valence-corrected chi connectivity index (χ2v) is 5.65. The highest BCUT2D eigenvalue weighted by Crippen LogP contribution is 2.21. The molecule has 0 aromatic rings. The van der Waals surface area contributed by atoms with Crippen LogP contribution >= 0.6 is 0 Å². The summed E-state index contributed by atoms with van der Waals surface area (Å²) in [6, 6.07) is 0.275. The van der Waals surface area contributed by atoms with E-state index in [1.54, 1.807) is 0 Å². The largest absolute Gasteiger partial charge is 0.343 e. The zero-order valence-corrected chi connectivity index (χ0v) is 11.7. The van der Waals surface area contributed by atoms with E-state index < -0.39 is 0 Å². The fraction of sp³-hybridized carbons (Fsp3) is 0.923. The molecule has 0 aromatic heterocycles. The lowest BCUT2D eigenvalue weighted by Gasteiger charge is -2.31. The van der Waals surface area contributed by atoms with Crippen molar-refractivity contribution in [2.45, 2.75) is 66.0 Å². The summed E-state index contributed by atoms with van der Waals surface area (Å²) in [4.78, 5) is 13.9. The minimum atomic E-state index is -0.0724. The molecule has 2 N–H and O–H groups in total. The van der Waals surface area contributed by atoms with Crippen LogP contribution in [0.3, 0.4) is 0 Å². The number of nitrogens with two attached hydrogens (primary N) is 1. The van der Waals surface area contributed by atoms with E-state index in [2.05, 4.69) is 34.6 Å². The van der Waals surface area contributed by atoms with Crippen molar-refractivity contribution < 1.29 is 4.79 Å². The molecule has 1 atom stereocenters. The lowest BCUT2D eigenvalue weighted by Crippen LogP contribution is -2.43. The molecule has 0 spiro atoms. The summed E-state index contributed by atoms with van der Waals surface area (Å²) in [5.41, 5.74) is 6.02. The molecule has 0 aromatic carbocycles. The van der Waals surface area contributed by atoms with Gasteiger partial charge in [0, 0.05) is 25.6 Å². The van der Waals surface area contributed by atoms with Gasteiger partial charge in [-0.3, -0.25) is 4.79 Å². The van der Waals surface area contributed by atoms with Gasteiger partial charge in [-0.2, -0.15) is 0 Å². The van der Waals surface area contributed by atoms with E-state index in [0.717, 1.165) is 12.8 Å². The first kappa shape index (κ1) is 15.4. The Labute approximate surface area is 100 Å². The Kier molecular flexibility index (Phi) is 6.01. The van der Waals surface area contributed by atoms with E-state index in [1.807, 2.05) is 11.9 Å². The average Bonchev–Trinajstić information content (AvgIpc) is 2.17. The van der Waals surface area contributed by atoms with Gasteiger partial charge < -0.3 is 10.6 Å². The van der Waals surface area contributed by atoms with Gasteiger partial charge in [-0.25, -0.2) is 0 Å². The lowest BCUT2D eigenvalue weighted by atomic mass is 9.85. The second-order valence-electron chi connectivity index (χ2n) is 5.65. The van der Waals surface area contributed by atoms with E-state index in [1.165, 1.54) is 0 Å². The minimum absolute atomic E-state index is 0.00950. The third-order valence-electron chi connectivity index (χ3n) is 3.39. The van der Waals surface area contributed by atoms with Crippen molar-refractivity contribution in [1.82, 2.24) is 4.90 Å². The fourth-order valence-electron chi connectivity index (χ4n) is 1.68. The van der Waals surface area contributed by atoms with Gasteiger partial charge in [0.25, 0.3) is 0 Å². The van der Waals surface area contributed by atoms with Crippen LogP contribution in [0.25, 0.3) is 0 Å². The lowest BCUT2D eigenvalue weighted by molar-refractivity contribution is -0.133. The van der Waals surface area contributed by atoms with Crippen LogP contribution in [-0.2, 0) is 4.79 Å². The molecule has 0 aliphatic rings. The maximum atomic E-state index is 12.0. The van der Waals surface area contributed by atoms with Crippen molar-refractivity contribution >= 4 is 5.91 Å². The fourth-order valence-corrected chi connectivity index (χ4v) is 1.68. The van der Waals surface area contributed by atoms with Crippen molar-refractivity contribution in [3.8, 4) is 0 Å². The summed E-state index contributed by atoms with van der Waals surface area (Å²) < 4.78 is 0. The maximum Gasteiger partial charge on any atom is 0.224 e. The van der Waals surface area contributed by atoms with E-state index in [4.69, 9.17) is 5.73 Å². The first-order valence-corrected chi connectivity index (χ1v) is 6.25. The predicted molar refractivity (Wildman–Crippen MR) is 69.2 cm³/mol. The highest BCUT2D eigenvalue weighted by Gasteiger charge is 2.26. The molecule has 1 unspecified atom stereocenters. The van der Waals surface area contributed by atoms with Crippen molar-refractivity contribution in [3.05, 3.63) is 0 Å². The summed E-state index contributed by atoms with van der Waals surface area (Å²) in [6.45, 7) is 10.4. The van der Waals surface area contributed by atoms with Gasteiger partial charge in [0.05, 0.1) is 0 Å². The molecule has 0 saturated carbocycles. The summed E-state index contributed by atoms with van der Waals surface area (Å²) in [5.74, 6) is 0.163. The van der Waals surface area contributed by atoms with Crippen LogP contribution in [0, 0.1) is 5.41 Å². The first-order valence-electron chi connectivity index (χ1n) is 6.25. The van der Waals surface area contributed by atoms with E-state index in [0.29, 0.717) is 12.5 Å². The van der Waals surface area contributed by atoms with Gasteiger partial charge in [-0.05, 0) is 18.3 Å². The summed E-state index contributed by atoms with van der Waals surface area (Å²) in [6.07, 6.45) is 2.45. The zero-order chi connectivity index (χ0) is 12.9. The number of carbonyl (C=O) groups is 1. The smallest absolute Gasteiger partial charge is 0.224 e. The number of hydrogen-bond acceptors (Lipinski definition) is 2. The molecule has 1 amide bonds. The van der Waals surface area contributed by atoms with Crippen LogP contribution < -0.4 is 5.73 Å². The summed E-state index contributed by atoms with van der Waals surface area (Å²) in [7, 11) is 1.88. The molecular weight excluding hydrogens is 200 g/mol. The van der Waals surface area contributed by atoms with Crippen LogP contribution in [0.4, 0.5) is 0 Å². The van der Waals surface area contributed by atoms with Gasteiger partial charge in [-0.15, -0.1) is 0 Å². The molecule has 0 fully saturated rings. The molecule has 0 aliphatic carbocycles. The van der Waals surface area contributed by atoms with Gasteiger partial charge in [0.2, 0.25) is 5.91 Å². The van der Waals surface area contributed by atoms with Crippen molar-refractivity contribution in [2.24, 2.45) is 11.1 Å². The van der Waals surface area contributed by atoms with Gasteiger partial charge in [0.1, 0.15) is 0 Å². The Morgan fingerprint density at radius 3 is 2.00 bits per heavy atom. The van der Waals surface area contributed by atoms with Crippen LogP contribution in [0.1, 0.15) is 53.9 Å². The SMILES string of the molecule is CCC(CC)N(C)C(=O)CC(N)C(C)(C)C.